The molecule has 3 heterocycles. The molecule has 1 aromatic carbocycles. The summed E-state index contributed by atoms with van der Waals surface area (Å²) in [4.78, 5) is 30.4. The second-order valence-corrected chi connectivity index (χ2v) is 10.3. The molecule has 2 aliphatic rings. The molecule has 0 unspecified atom stereocenters. The first-order chi connectivity index (χ1) is 16.5. The van der Waals surface area contributed by atoms with Crippen LogP contribution in [0.5, 0.6) is 5.75 Å². The molecule has 1 fully saturated rings. The molecule has 3 aromatic rings. The van der Waals surface area contributed by atoms with Gasteiger partial charge in [0.15, 0.2) is 0 Å². The van der Waals surface area contributed by atoms with Gasteiger partial charge in [0.25, 0.3) is 5.91 Å². The molecule has 1 atom stereocenters. The molecule has 8 heteroatoms. The molecule has 0 radical (unpaired) electrons. The Morgan fingerprint density at radius 1 is 1.15 bits per heavy atom. The summed E-state index contributed by atoms with van der Waals surface area (Å²) in [6.45, 7) is 2.11. The summed E-state index contributed by atoms with van der Waals surface area (Å²) in [5, 5.41) is 9.99. The third-order valence-corrected chi connectivity index (χ3v) is 7.81. The van der Waals surface area contributed by atoms with E-state index in [2.05, 4.69) is 5.32 Å². The highest BCUT2D eigenvalue weighted by molar-refractivity contribution is 7.13. The Hall–Kier alpha value is -3.13. The summed E-state index contributed by atoms with van der Waals surface area (Å²) in [5.74, 6) is 0.248. The number of carbonyl (C=O) groups excluding carboxylic acids is 2. The highest BCUT2D eigenvalue weighted by Gasteiger charge is 2.49. The molecule has 0 spiro atoms. The van der Waals surface area contributed by atoms with Gasteiger partial charge in [-0.1, -0.05) is 37.8 Å². The van der Waals surface area contributed by atoms with Crippen LogP contribution in [0.3, 0.4) is 0 Å². The van der Waals surface area contributed by atoms with Gasteiger partial charge in [-0.05, 0) is 49.4 Å². The molecule has 1 N–H and O–H groups in total. The van der Waals surface area contributed by atoms with Gasteiger partial charge in [-0.2, -0.15) is 5.10 Å². The lowest BCUT2D eigenvalue weighted by Crippen LogP contribution is -2.65. The molecule has 0 saturated heterocycles. The normalized spacial score (nSPS) is 21.1. The van der Waals surface area contributed by atoms with Gasteiger partial charge in [0, 0.05) is 17.8 Å². The molecule has 0 bridgehead atoms. The number of fused-ring (bicyclic) bond motifs is 1. The van der Waals surface area contributed by atoms with Crippen molar-refractivity contribution in [3.63, 3.8) is 0 Å². The molecule has 34 heavy (non-hydrogen) atoms. The third-order valence-electron chi connectivity index (χ3n) is 6.92. The first-order valence-electron chi connectivity index (χ1n) is 11.9. The molecule has 1 aliphatic heterocycles. The maximum absolute atomic E-state index is 13.9. The van der Waals surface area contributed by atoms with E-state index in [0.717, 1.165) is 36.3 Å². The Morgan fingerprint density at radius 2 is 1.94 bits per heavy atom. The van der Waals surface area contributed by atoms with Crippen LogP contribution < -0.4 is 15.0 Å². The molecule has 5 rings (SSSR count). The number of amides is 2. The standard InChI is InChI=1S/C26H30N4O3S/c1-26(25(32)27-18-9-5-3-4-6-10-18)17-29-22(16-21(28-29)23-13-8-14-34-23)24(31)30(26)19-11-7-12-20(15-19)33-2/h7-8,11-16,18H,3-6,9-10,17H2,1-2H3,(H,27,32)/t26-/m0/s1. The average Bonchev–Trinajstić information content (AvgIpc) is 3.45. The zero-order valence-electron chi connectivity index (χ0n) is 19.6. The molecule has 1 saturated carbocycles. The number of methoxy groups -OCH3 is 1. The van der Waals surface area contributed by atoms with Crippen LogP contribution in [0.15, 0.2) is 47.8 Å². The predicted octanol–water partition coefficient (Wildman–Crippen LogP) is 4.88. The summed E-state index contributed by atoms with van der Waals surface area (Å²) in [7, 11) is 1.59. The number of nitrogens with zero attached hydrogens (tertiary/aromatic N) is 3. The van der Waals surface area contributed by atoms with Gasteiger partial charge >= 0.3 is 0 Å². The third kappa shape index (κ3) is 4.11. The Balaban J connectivity index is 1.55. The number of rotatable bonds is 5. The van der Waals surface area contributed by atoms with Gasteiger partial charge in [-0.3, -0.25) is 19.2 Å². The number of hydrogen-bond acceptors (Lipinski definition) is 5. The van der Waals surface area contributed by atoms with E-state index in [1.807, 2.05) is 48.7 Å². The molecular weight excluding hydrogens is 448 g/mol. The van der Waals surface area contributed by atoms with Crippen LogP contribution in [0.25, 0.3) is 10.6 Å². The lowest BCUT2D eigenvalue weighted by atomic mass is 9.93. The van der Waals surface area contributed by atoms with Crippen molar-refractivity contribution in [3.05, 3.63) is 53.5 Å². The van der Waals surface area contributed by atoms with Crippen molar-refractivity contribution < 1.29 is 14.3 Å². The number of hydrogen-bond donors (Lipinski definition) is 1. The van der Waals surface area contributed by atoms with Crippen molar-refractivity contribution in [3.8, 4) is 16.3 Å². The van der Waals surface area contributed by atoms with Crippen molar-refractivity contribution in [1.82, 2.24) is 15.1 Å². The van der Waals surface area contributed by atoms with E-state index >= 15 is 0 Å². The molecular formula is C26H30N4O3S. The van der Waals surface area contributed by atoms with Crippen LogP contribution in [0.2, 0.25) is 0 Å². The van der Waals surface area contributed by atoms with Crippen LogP contribution in [0, 0.1) is 0 Å². The Bertz CT molecular complexity index is 1180. The quantitative estimate of drug-likeness (QED) is 0.531. The zero-order chi connectivity index (χ0) is 23.7. The minimum atomic E-state index is -1.14. The fourth-order valence-electron chi connectivity index (χ4n) is 5.04. The molecule has 7 nitrogen and oxygen atoms in total. The number of thiophene rings is 1. The van der Waals surface area contributed by atoms with E-state index in [0.29, 0.717) is 17.1 Å². The lowest BCUT2D eigenvalue weighted by Gasteiger charge is -2.43. The summed E-state index contributed by atoms with van der Waals surface area (Å²) in [6, 6.07) is 13.2. The fourth-order valence-corrected chi connectivity index (χ4v) is 5.73. The topological polar surface area (TPSA) is 76.5 Å². The van der Waals surface area contributed by atoms with E-state index in [1.54, 1.807) is 34.1 Å². The highest BCUT2D eigenvalue weighted by atomic mass is 32.1. The molecule has 178 valence electrons. The first-order valence-corrected chi connectivity index (χ1v) is 12.8. The Kier molecular flexibility index (Phi) is 6.16. The number of benzene rings is 1. The average molecular weight is 479 g/mol. The van der Waals surface area contributed by atoms with E-state index in [9.17, 15) is 9.59 Å². The van der Waals surface area contributed by atoms with Crippen LogP contribution in [0.1, 0.15) is 55.9 Å². The van der Waals surface area contributed by atoms with Gasteiger partial charge in [0.1, 0.15) is 22.7 Å². The van der Waals surface area contributed by atoms with Crippen molar-refractivity contribution >= 4 is 28.8 Å². The predicted molar refractivity (Wildman–Crippen MR) is 133 cm³/mol. The Morgan fingerprint density at radius 3 is 2.65 bits per heavy atom. The SMILES string of the molecule is COc1cccc(N2C(=O)c3cc(-c4cccs4)nn3C[C@@]2(C)C(=O)NC2CCCCCC2)c1. The second-order valence-electron chi connectivity index (χ2n) is 9.33. The van der Waals surface area contributed by atoms with Crippen molar-refractivity contribution in [1.29, 1.82) is 0 Å². The number of aromatic nitrogens is 2. The van der Waals surface area contributed by atoms with Gasteiger partial charge in [-0.25, -0.2) is 0 Å². The van der Waals surface area contributed by atoms with Crippen LogP contribution >= 0.6 is 11.3 Å². The van der Waals surface area contributed by atoms with Crippen LogP contribution in [0.4, 0.5) is 5.69 Å². The fraction of sp³-hybridized carbons (Fsp3) is 0.423. The number of carbonyl (C=O) groups is 2. The smallest absolute Gasteiger partial charge is 0.277 e. The maximum Gasteiger partial charge on any atom is 0.277 e. The zero-order valence-corrected chi connectivity index (χ0v) is 20.4. The van der Waals surface area contributed by atoms with E-state index in [-0.39, 0.29) is 24.4 Å². The summed E-state index contributed by atoms with van der Waals surface area (Å²) in [5.41, 5.74) is 0.720. The Labute approximate surface area is 203 Å². The van der Waals surface area contributed by atoms with Gasteiger partial charge in [0.2, 0.25) is 5.91 Å². The number of anilines is 1. The van der Waals surface area contributed by atoms with E-state index < -0.39 is 5.54 Å². The van der Waals surface area contributed by atoms with E-state index in [4.69, 9.17) is 9.84 Å². The van der Waals surface area contributed by atoms with Crippen molar-refractivity contribution in [2.24, 2.45) is 0 Å². The van der Waals surface area contributed by atoms with E-state index in [1.165, 1.54) is 12.8 Å². The summed E-state index contributed by atoms with van der Waals surface area (Å²) in [6.07, 6.45) is 6.61. The van der Waals surface area contributed by atoms with Gasteiger partial charge in [0.05, 0.1) is 18.5 Å². The van der Waals surface area contributed by atoms with Crippen LogP contribution in [-0.2, 0) is 11.3 Å². The number of ether oxygens (including phenoxy) is 1. The minimum absolute atomic E-state index is 0.134. The van der Waals surface area contributed by atoms with Crippen LogP contribution in [-0.4, -0.2) is 40.3 Å². The largest absolute Gasteiger partial charge is 0.497 e. The maximum atomic E-state index is 13.9. The monoisotopic (exact) mass is 478 g/mol. The first kappa shape index (κ1) is 22.7. The van der Waals surface area contributed by atoms with Gasteiger partial charge in [-0.15, -0.1) is 11.3 Å². The molecule has 1 aliphatic carbocycles. The van der Waals surface area contributed by atoms with Crippen molar-refractivity contribution in [2.45, 2.75) is 63.6 Å². The second kappa shape index (κ2) is 9.25. The minimum Gasteiger partial charge on any atom is -0.497 e. The number of nitrogens with one attached hydrogen (secondary N) is 1. The summed E-state index contributed by atoms with van der Waals surface area (Å²) >= 11 is 1.58. The van der Waals surface area contributed by atoms with Crippen molar-refractivity contribution in [2.75, 3.05) is 12.0 Å². The lowest BCUT2D eigenvalue weighted by molar-refractivity contribution is -0.127. The highest BCUT2D eigenvalue weighted by Crippen LogP contribution is 2.36. The molecule has 2 amide bonds. The summed E-state index contributed by atoms with van der Waals surface area (Å²) < 4.78 is 7.11. The molecule has 2 aromatic heterocycles. The van der Waals surface area contributed by atoms with Gasteiger partial charge < -0.3 is 10.1 Å².